The number of methoxy groups -OCH3 is 1. The monoisotopic (exact) mass is 438 g/mol. The molecule has 0 saturated carbocycles. The van der Waals surface area contributed by atoms with E-state index in [1.165, 1.54) is 0 Å². The van der Waals surface area contributed by atoms with Crippen LogP contribution in [0.5, 0.6) is 5.75 Å². The van der Waals surface area contributed by atoms with E-state index in [4.69, 9.17) is 4.74 Å². The van der Waals surface area contributed by atoms with E-state index >= 15 is 0 Å². The molecule has 1 atom stereocenters. The summed E-state index contributed by atoms with van der Waals surface area (Å²) in [5, 5.41) is 20.1. The molecule has 1 aliphatic heterocycles. The third-order valence-corrected chi connectivity index (χ3v) is 5.85. The summed E-state index contributed by atoms with van der Waals surface area (Å²) in [6, 6.07) is 8.36. The number of hydrogen-bond donors (Lipinski definition) is 2. The van der Waals surface area contributed by atoms with Crippen LogP contribution in [-0.2, 0) is 22.7 Å². The number of benzene rings is 1. The van der Waals surface area contributed by atoms with Gasteiger partial charge in [-0.3, -0.25) is 24.4 Å². The smallest absolute Gasteiger partial charge is 0.325 e. The molecule has 0 spiro atoms. The average molecular weight is 438 g/mol. The molecule has 3 heterocycles. The molecule has 0 radical (unpaired) electrons. The van der Waals surface area contributed by atoms with Gasteiger partial charge < -0.3 is 19.5 Å². The number of piperazine rings is 1. The maximum Gasteiger partial charge on any atom is 0.325 e. The first-order valence-electron chi connectivity index (χ1n) is 10.4. The van der Waals surface area contributed by atoms with Gasteiger partial charge in [0.1, 0.15) is 18.3 Å². The zero-order chi connectivity index (χ0) is 22.7. The second-order valence-electron chi connectivity index (χ2n) is 7.90. The summed E-state index contributed by atoms with van der Waals surface area (Å²) >= 11 is 0. The standard InChI is InChI=1S/C23H26N4O5/c1-32-17-4-5-20-18(11-17)19(14-27(20)15-21(28)29)22(23(30)31)26-9-7-25(8-10-26)13-16-3-2-6-24-12-16/h2-6,11-12,14,22H,7-10,13,15H2,1H3,(H,28,29)(H,30,31)/t22-/m1/s1. The Balaban J connectivity index is 1.60. The zero-order valence-electron chi connectivity index (χ0n) is 17.8. The fraction of sp³-hybridized carbons (Fsp3) is 0.348. The molecular weight excluding hydrogens is 412 g/mol. The molecule has 2 aromatic heterocycles. The largest absolute Gasteiger partial charge is 0.497 e. The van der Waals surface area contributed by atoms with Crippen molar-refractivity contribution in [3.63, 3.8) is 0 Å². The molecular formula is C23H26N4O5. The first-order valence-corrected chi connectivity index (χ1v) is 10.4. The van der Waals surface area contributed by atoms with Crippen LogP contribution in [0, 0.1) is 0 Å². The number of carboxylic acids is 2. The van der Waals surface area contributed by atoms with E-state index in [-0.39, 0.29) is 6.54 Å². The number of rotatable bonds is 8. The molecule has 3 aromatic rings. The van der Waals surface area contributed by atoms with E-state index in [1.54, 1.807) is 42.3 Å². The third-order valence-electron chi connectivity index (χ3n) is 5.85. The SMILES string of the molecule is COc1ccc2c(c1)c([C@H](C(=O)O)N1CCN(Cc3cccnc3)CC1)cn2CC(=O)O. The number of aromatic nitrogens is 2. The molecule has 1 aliphatic rings. The molecule has 32 heavy (non-hydrogen) atoms. The minimum absolute atomic E-state index is 0.242. The molecule has 9 heteroatoms. The van der Waals surface area contributed by atoms with Crippen LogP contribution in [0.1, 0.15) is 17.2 Å². The van der Waals surface area contributed by atoms with Gasteiger partial charge in [-0.2, -0.15) is 0 Å². The van der Waals surface area contributed by atoms with Crippen molar-refractivity contribution in [3.8, 4) is 5.75 Å². The van der Waals surface area contributed by atoms with Crippen LogP contribution < -0.4 is 4.74 Å². The number of pyridine rings is 1. The summed E-state index contributed by atoms with van der Waals surface area (Å²) < 4.78 is 6.91. The van der Waals surface area contributed by atoms with Gasteiger partial charge in [-0.25, -0.2) is 0 Å². The lowest BCUT2D eigenvalue weighted by Gasteiger charge is -2.37. The Bertz CT molecular complexity index is 1110. The van der Waals surface area contributed by atoms with Gasteiger partial charge in [0.2, 0.25) is 0 Å². The van der Waals surface area contributed by atoms with Gasteiger partial charge >= 0.3 is 11.9 Å². The highest BCUT2D eigenvalue weighted by molar-refractivity contribution is 5.91. The Morgan fingerprint density at radius 3 is 2.56 bits per heavy atom. The topological polar surface area (TPSA) is 108 Å². The molecule has 4 rings (SSSR count). The summed E-state index contributed by atoms with van der Waals surface area (Å²) in [5.74, 6) is -1.35. The molecule has 9 nitrogen and oxygen atoms in total. The van der Waals surface area contributed by atoms with Crippen LogP contribution in [0.25, 0.3) is 10.9 Å². The predicted octanol–water partition coefficient (Wildman–Crippen LogP) is 2.07. The van der Waals surface area contributed by atoms with Crippen molar-refractivity contribution in [2.24, 2.45) is 0 Å². The molecule has 0 unspecified atom stereocenters. The van der Waals surface area contributed by atoms with Crippen molar-refractivity contribution < 1.29 is 24.5 Å². The zero-order valence-corrected chi connectivity index (χ0v) is 17.8. The van der Waals surface area contributed by atoms with E-state index in [2.05, 4.69) is 9.88 Å². The summed E-state index contributed by atoms with van der Waals surface area (Å²) in [6.45, 7) is 3.17. The molecule has 0 amide bonds. The van der Waals surface area contributed by atoms with Crippen LogP contribution in [0.3, 0.4) is 0 Å². The quantitative estimate of drug-likeness (QED) is 0.550. The van der Waals surface area contributed by atoms with Crippen molar-refractivity contribution >= 4 is 22.8 Å². The summed E-state index contributed by atoms with van der Waals surface area (Å²) in [7, 11) is 1.55. The fourth-order valence-corrected chi connectivity index (χ4v) is 4.34. The van der Waals surface area contributed by atoms with E-state index < -0.39 is 18.0 Å². The maximum atomic E-state index is 12.4. The molecule has 0 bridgehead atoms. The first-order chi connectivity index (χ1) is 15.5. The van der Waals surface area contributed by atoms with Crippen LogP contribution >= 0.6 is 0 Å². The van der Waals surface area contributed by atoms with Crippen molar-refractivity contribution in [2.75, 3.05) is 33.3 Å². The van der Waals surface area contributed by atoms with Gasteiger partial charge in [0, 0.05) is 67.8 Å². The third kappa shape index (κ3) is 4.58. The fourth-order valence-electron chi connectivity index (χ4n) is 4.34. The summed E-state index contributed by atoms with van der Waals surface area (Å²) in [4.78, 5) is 32.1. The second-order valence-corrected chi connectivity index (χ2v) is 7.90. The van der Waals surface area contributed by atoms with Crippen molar-refractivity contribution in [1.29, 1.82) is 0 Å². The first kappa shape index (κ1) is 21.8. The highest BCUT2D eigenvalue weighted by Crippen LogP contribution is 2.33. The lowest BCUT2D eigenvalue weighted by Crippen LogP contribution is -2.48. The lowest BCUT2D eigenvalue weighted by molar-refractivity contribution is -0.144. The van der Waals surface area contributed by atoms with Gasteiger partial charge in [0.15, 0.2) is 0 Å². The number of ether oxygens (including phenoxy) is 1. The highest BCUT2D eigenvalue weighted by Gasteiger charge is 2.33. The van der Waals surface area contributed by atoms with Gasteiger partial charge in [-0.15, -0.1) is 0 Å². The Kier molecular flexibility index (Phi) is 6.38. The van der Waals surface area contributed by atoms with Crippen molar-refractivity contribution in [3.05, 3.63) is 60.0 Å². The molecule has 1 saturated heterocycles. The van der Waals surface area contributed by atoms with E-state index in [1.807, 2.05) is 23.2 Å². The van der Waals surface area contributed by atoms with Crippen LogP contribution in [0.2, 0.25) is 0 Å². The maximum absolute atomic E-state index is 12.4. The predicted molar refractivity (Wildman–Crippen MR) is 118 cm³/mol. The van der Waals surface area contributed by atoms with Crippen LogP contribution in [-0.4, -0.2) is 74.8 Å². The molecule has 168 valence electrons. The number of carboxylic acid groups (broad SMARTS) is 2. The molecule has 2 N–H and O–H groups in total. The number of aliphatic carboxylic acids is 2. The summed E-state index contributed by atoms with van der Waals surface area (Å²) in [6.07, 6.45) is 5.24. The van der Waals surface area contributed by atoms with Crippen LogP contribution in [0.4, 0.5) is 0 Å². The number of carbonyl (C=O) groups is 2. The van der Waals surface area contributed by atoms with Gasteiger partial charge in [0.25, 0.3) is 0 Å². The minimum atomic E-state index is -0.986. The van der Waals surface area contributed by atoms with Gasteiger partial charge in [0.05, 0.1) is 7.11 Å². The van der Waals surface area contributed by atoms with Crippen molar-refractivity contribution in [2.45, 2.75) is 19.1 Å². The van der Waals surface area contributed by atoms with E-state index in [9.17, 15) is 19.8 Å². The number of nitrogens with zero attached hydrogens (tertiary/aromatic N) is 4. The van der Waals surface area contributed by atoms with Gasteiger partial charge in [-0.05, 0) is 29.8 Å². The summed E-state index contributed by atoms with van der Waals surface area (Å²) in [5.41, 5.74) is 2.37. The lowest BCUT2D eigenvalue weighted by atomic mass is 10.0. The highest BCUT2D eigenvalue weighted by atomic mass is 16.5. The van der Waals surface area contributed by atoms with E-state index in [0.29, 0.717) is 35.3 Å². The Morgan fingerprint density at radius 2 is 1.94 bits per heavy atom. The number of fused-ring (bicyclic) bond motifs is 1. The Hall–Kier alpha value is -3.43. The number of hydrogen-bond acceptors (Lipinski definition) is 6. The van der Waals surface area contributed by atoms with Gasteiger partial charge in [-0.1, -0.05) is 6.07 Å². The average Bonchev–Trinajstić information content (AvgIpc) is 3.12. The Morgan fingerprint density at radius 1 is 1.16 bits per heavy atom. The molecule has 1 aromatic carbocycles. The molecule has 1 fully saturated rings. The van der Waals surface area contributed by atoms with Crippen molar-refractivity contribution in [1.82, 2.24) is 19.4 Å². The Labute approximate surface area is 185 Å². The van der Waals surface area contributed by atoms with E-state index in [0.717, 1.165) is 25.2 Å². The van der Waals surface area contributed by atoms with Crippen LogP contribution in [0.15, 0.2) is 48.9 Å². The molecule has 0 aliphatic carbocycles. The normalized spacial score (nSPS) is 16.2. The minimum Gasteiger partial charge on any atom is -0.497 e. The second kappa shape index (κ2) is 9.37.